The Kier molecular flexibility index (Phi) is 5.65. The molecule has 0 fully saturated rings. The van der Waals surface area contributed by atoms with Crippen LogP contribution in [-0.2, 0) is 6.42 Å². The molecule has 1 rings (SSSR count). The highest BCUT2D eigenvalue weighted by Gasteiger charge is 2.08. The quantitative estimate of drug-likeness (QED) is 0.776. The minimum atomic E-state index is -0.531. The number of hydrogen-bond acceptors (Lipinski definition) is 1. The summed E-state index contributed by atoms with van der Waals surface area (Å²) in [7, 11) is 0. The molecule has 1 nitrogen and oxygen atoms in total. The maximum Gasteiger partial charge on any atom is 0.126 e. The lowest BCUT2D eigenvalue weighted by Gasteiger charge is -2.15. The average Bonchev–Trinajstić information content (AvgIpc) is 2.24. The summed E-state index contributed by atoms with van der Waals surface area (Å²) in [6, 6.07) is 3.76. The van der Waals surface area contributed by atoms with Gasteiger partial charge < -0.3 is 5.32 Å². The zero-order valence-corrected chi connectivity index (χ0v) is 10.2. The molecule has 0 amide bonds. The van der Waals surface area contributed by atoms with Crippen LogP contribution in [0.5, 0.6) is 0 Å². The summed E-state index contributed by atoms with van der Waals surface area (Å²) in [5.41, 5.74) is 0.659. The molecule has 0 radical (unpaired) electrons. The summed E-state index contributed by atoms with van der Waals surface area (Å²) >= 11 is 0. The van der Waals surface area contributed by atoms with Gasteiger partial charge >= 0.3 is 0 Å². The molecule has 1 aromatic rings. The average molecular weight is 237 g/mol. The van der Waals surface area contributed by atoms with Crippen molar-refractivity contribution in [3.63, 3.8) is 0 Å². The van der Waals surface area contributed by atoms with E-state index in [0.717, 1.165) is 12.6 Å². The van der Waals surface area contributed by atoms with E-state index in [1.807, 2.05) is 6.92 Å². The lowest BCUT2D eigenvalue weighted by molar-refractivity contribution is 0.527. The Labute approximate surface area is 101 Å². The second-order valence-electron chi connectivity index (χ2n) is 3.87. The van der Waals surface area contributed by atoms with Crippen molar-refractivity contribution in [2.75, 3.05) is 6.54 Å². The summed E-state index contributed by atoms with van der Waals surface area (Å²) < 4.78 is 26.1. The van der Waals surface area contributed by atoms with Crippen LogP contribution in [0.15, 0.2) is 18.2 Å². The van der Waals surface area contributed by atoms with Crippen LogP contribution in [0.2, 0.25) is 0 Å². The maximum atomic E-state index is 13.0. The van der Waals surface area contributed by atoms with Gasteiger partial charge in [0, 0.05) is 18.5 Å². The first kappa shape index (κ1) is 13.7. The van der Waals surface area contributed by atoms with Crippen LogP contribution < -0.4 is 5.32 Å². The Bertz CT molecular complexity index is 398. The molecule has 0 aliphatic rings. The molecule has 0 spiro atoms. The second kappa shape index (κ2) is 7.03. The fourth-order valence-corrected chi connectivity index (χ4v) is 1.74. The van der Waals surface area contributed by atoms with E-state index in [4.69, 9.17) is 0 Å². The van der Waals surface area contributed by atoms with Crippen LogP contribution in [0.4, 0.5) is 8.78 Å². The molecular weight excluding hydrogens is 220 g/mol. The summed E-state index contributed by atoms with van der Waals surface area (Å²) in [6.07, 6.45) is 1.26. The number of likely N-dealkylation sites (N-methyl/N-ethyl adjacent to an activating group) is 1. The third-order valence-electron chi connectivity index (χ3n) is 2.42. The zero-order valence-electron chi connectivity index (χ0n) is 10.2. The number of nitrogens with one attached hydrogen (secondary N) is 1. The van der Waals surface area contributed by atoms with Crippen molar-refractivity contribution in [3.05, 3.63) is 35.4 Å². The standard InChI is InChI=1S/C14H17F2N/c1-3-5-6-14(17-4-2)9-11-7-12(15)10-13(16)8-11/h7-8,10,14,17H,4,6,9H2,1-2H3. The van der Waals surface area contributed by atoms with Gasteiger partial charge in [-0.15, -0.1) is 11.8 Å². The summed E-state index contributed by atoms with van der Waals surface area (Å²) in [4.78, 5) is 0. The first-order valence-electron chi connectivity index (χ1n) is 5.73. The Morgan fingerprint density at radius 2 is 1.88 bits per heavy atom. The van der Waals surface area contributed by atoms with Crippen molar-refractivity contribution in [1.82, 2.24) is 5.32 Å². The molecular formula is C14H17F2N. The van der Waals surface area contributed by atoms with Crippen LogP contribution in [0.25, 0.3) is 0 Å². The molecule has 1 N–H and O–H groups in total. The molecule has 1 atom stereocenters. The van der Waals surface area contributed by atoms with E-state index in [9.17, 15) is 8.78 Å². The number of halogens is 2. The van der Waals surface area contributed by atoms with Gasteiger partial charge in [0.05, 0.1) is 0 Å². The van der Waals surface area contributed by atoms with Crippen LogP contribution in [0, 0.1) is 23.5 Å². The molecule has 0 aliphatic heterocycles. The van der Waals surface area contributed by atoms with E-state index >= 15 is 0 Å². The smallest absolute Gasteiger partial charge is 0.126 e. The maximum absolute atomic E-state index is 13.0. The van der Waals surface area contributed by atoms with Crippen LogP contribution in [0.3, 0.4) is 0 Å². The predicted octanol–water partition coefficient (Wildman–Crippen LogP) is 2.90. The molecule has 1 unspecified atom stereocenters. The highest BCUT2D eigenvalue weighted by Crippen LogP contribution is 2.11. The Morgan fingerprint density at radius 1 is 1.24 bits per heavy atom. The monoisotopic (exact) mass is 237 g/mol. The molecule has 1 aromatic carbocycles. The van der Waals surface area contributed by atoms with E-state index < -0.39 is 11.6 Å². The third kappa shape index (κ3) is 4.97. The second-order valence-corrected chi connectivity index (χ2v) is 3.87. The van der Waals surface area contributed by atoms with Crippen molar-refractivity contribution >= 4 is 0 Å². The van der Waals surface area contributed by atoms with Gasteiger partial charge in [-0.05, 0) is 37.6 Å². The molecule has 0 aromatic heterocycles. The summed E-state index contributed by atoms with van der Waals surface area (Å²) in [5, 5.41) is 3.26. The molecule has 0 bridgehead atoms. The number of benzene rings is 1. The first-order valence-corrected chi connectivity index (χ1v) is 5.73. The third-order valence-corrected chi connectivity index (χ3v) is 2.42. The van der Waals surface area contributed by atoms with Gasteiger partial charge in [0.1, 0.15) is 11.6 Å². The highest BCUT2D eigenvalue weighted by atomic mass is 19.1. The molecule has 0 saturated carbocycles. The van der Waals surface area contributed by atoms with Gasteiger partial charge in [-0.1, -0.05) is 6.92 Å². The van der Waals surface area contributed by atoms with Gasteiger partial charge in [-0.3, -0.25) is 0 Å². The first-order chi connectivity index (χ1) is 8.15. The van der Waals surface area contributed by atoms with Crippen molar-refractivity contribution in [3.8, 4) is 11.8 Å². The molecule has 0 heterocycles. The van der Waals surface area contributed by atoms with Gasteiger partial charge in [0.25, 0.3) is 0 Å². The van der Waals surface area contributed by atoms with Crippen molar-refractivity contribution < 1.29 is 8.78 Å². The fourth-order valence-electron chi connectivity index (χ4n) is 1.74. The largest absolute Gasteiger partial charge is 0.313 e. The van der Waals surface area contributed by atoms with Crippen LogP contribution in [-0.4, -0.2) is 12.6 Å². The van der Waals surface area contributed by atoms with Crippen molar-refractivity contribution in [1.29, 1.82) is 0 Å². The number of rotatable bonds is 5. The van der Waals surface area contributed by atoms with E-state index in [1.54, 1.807) is 6.92 Å². The van der Waals surface area contributed by atoms with Crippen molar-refractivity contribution in [2.24, 2.45) is 0 Å². The van der Waals surface area contributed by atoms with Crippen molar-refractivity contribution in [2.45, 2.75) is 32.7 Å². The van der Waals surface area contributed by atoms with Crippen LogP contribution in [0.1, 0.15) is 25.8 Å². The minimum Gasteiger partial charge on any atom is -0.313 e. The minimum absolute atomic E-state index is 0.133. The molecule has 17 heavy (non-hydrogen) atoms. The van der Waals surface area contributed by atoms with E-state index in [1.165, 1.54) is 12.1 Å². The SMILES string of the molecule is CC#CCC(Cc1cc(F)cc(F)c1)NCC. The predicted molar refractivity (Wildman–Crippen MR) is 65.6 cm³/mol. The highest BCUT2D eigenvalue weighted by molar-refractivity contribution is 5.19. The Hall–Kier alpha value is -1.40. The molecule has 0 saturated heterocycles. The van der Waals surface area contributed by atoms with Gasteiger partial charge in [0.15, 0.2) is 0 Å². The van der Waals surface area contributed by atoms with Crippen LogP contribution >= 0.6 is 0 Å². The van der Waals surface area contributed by atoms with E-state index in [2.05, 4.69) is 17.2 Å². The van der Waals surface area contributed by atoms with Gasteiger partial charge in [0.2, 0.25) is 0 Å². The van der Waals surface area contributed by atoms with Gasteiger partial charge in [-0.2, -0.15) is 0 Å². The normalized spacial score (nSPS) is 11.8. The lowest BCUT2D eigenvalue weighted by atomic mass is 10.0. The summed E-state index contributed by atoms with van der Waals surface area (Å²) in [5.74, 6) is 4.75. The molecule has 3 heteroatoms. The lowest BCUT2D eigenvalue weighted by Crippen LogP contribution is -2.30. The summed E-state index contributed by atoms with van der Waals surface area (Å²) in [6.45, 7) is 4.59. The number of hydrogen-bond donors (Lipinski definition) is 1. The topological polar surface area (TPSA) is 12.0 Å². The van der Waals surface area contributed by atoms with Gasteiger partial charge in [-0.25, -0.2) is 8.78 Å². The Balaban J connectivity index is 2.72. The molecule has 0 aliphatic carbocycles. The zero-order chi connectivity index (χ0) is 12.7. The Morgan fingerprint density at radius 3 is 2.41 bits per heavy atom. The fraction of sp³-hybridized carbons (Fsp3) is 0.429. The molecule has 92 valence electrons. The van der Waals surface area contributed by atoms with E-state index in [0.29, 0.717) is 18.4 Å². The van der Waals surface area contributed by atoms with E-state index in [-0.39, 0.29) is 6.04 Å².